The molecule has 0 amide bonds. The van der Waals surface area contributed by atoms with E-state index in [1.54, 1.807) is 37.4 Å². The summed E-state index contributed by atoms with van der Waals surface area (Å²) in [4.78, 5) is 3.88. The molecular formula is C14H15FN2O. The first kappa shape index (κ1) is 12.5. The average Bonchev–Trinajstić information content (AvgIpc) is 2.32. The van der Waals surface area contributed by atoms with Gasteiger partial charge in [0.15, 0.2) is 0 Å². The number of aromatic nitrogens is 1. The minimum atomic E-state index is -0.748. The third-order valence-electron chi connectivity index (χ3n) is 2.86. The Morgan fingerprint density at radius 3 is 2.78 bits per heavy atom. The van der Waals surface area contributed by atoms with Gasteiger partial charge in [-0.3, -0.25) is 0 Å². The molecule has 0 aliphatic heterocycles. The van der Waals surface area contributed by atoms with Crippen LogP contribution in [0.1, 0.15) is 22.8 Å². The van der Waals surface area contributed by atoms with E-state index in [0.29, 0.717) is 23.4 Å². The lowest BCUT2D eigenvalue weighted by Gasteiger charge is -2.12. The fraction of sp³-hybridized carbons (Fsp3) is 0.214. The number of halogens is 1. The SMILES string of the molecule is Cc1ccc(C(O)Cc2ccnc(N)c2)cc1F. The fourth-order valence-electron chi connectivity index (χ4n) is 1.78. The second kappa shape index (κ2) is 5.14. The maximum absolute atomic E-state index is 13.4. The van der Waals surface area contributed by atoms with Crippen molar-refractivity contribution in [2.75, 3.05) is 5.73 Å². The van der Waals surface area contributed by atoms with Crippen molar-refractivity contribution < 1.29 is 9.50 Å². The van der Waals surface area contributed by atoms with Crippen LogP contribution in [0.4, 0.5) is 10.2 Å². The molecule has 0 radical (unpaired) electrons. The maximum atomic E-state index is 13.4. The van der Waals surface area contributed by atoms with Gasteiger partial charge in [-0.05, 0) is 41.8 Å². The normalized spacial score (nSPS) is 12.4. The van der Waals surface area contributed by atoms with Crippen LogP contribution in [0.15, 0.2) is 36.5 Å². The Morgan fingerprint density at radius 2 is 2.11 bits per heavy atom. The zero-order valence-corrected chi connectivity index (χ0v) is 10.1. The molecule has 2 aromatic rings. The smallest absolute Gasteiger partial charge is 0.126 e. The Kier molecular flexibility index (Phi) is 3.58. The van der Waals surface area contributed by atoms with Crippen molar-refractivity contribution in [3.05, 3.63) is 59.0 Å². The van der Waals surface area contributed by atoms with E-state index in [1.165, 1.54) is 6.07 Å². The lowest BCUT2D eigenvalue weighted by atomic mass is 10.0. The molecular weight excluding hydrogens is 231 g/mol. The predicted molar refractivity (Wildman–Crippen MR) is 68.5 cm³/mol. The standard InChI is InChI=1S/C14H15FN2O/c1-9-2-3-11(8-12(9)15)13(18)6-10-4-5-17-14(16)7-10/h2-5,7-8,13,18H,6H2,1H3,(H2,16,17). The fourth-order valence-corrected chi connectivity index (χ4v) is 1.78. The Morgan fingerprint density at radius 1 is 1.33 bits per heavy atom. The molecule has 0 aliphatic carbocycles. The summed E-state index contributed by atoms with van der Waals surface area (Å²) in [7, 11) is 0. The van der Waals surface area contributed by atoms with Crippen LogP contribution in [-0.4, -0.2) is 10.1 Å². The number of aliphatic hydroxyl groups excluding tert-OH is 1. The number of benzene rings is 1. The molecule has 94 valence electrons. The molecule has 0 aliphatic rings. The molecule has 1 unspecified atom stereocenters. The Hall–Kier alpha value is -1.94. The molecule has 0 fully saturated rings. The first-order valence-electron chi connectivity index (χ1n) is 5.71. The van der Waals surface area contributed by atoms with Crippen molar-refractivity contribution in [2.45, 2.75) is 19.4 Å². The van der Waals surface area contributed by atoms with Crippen LogP contribution in [0.2, 0.25) is 0 Å². The monoisotopic (exact) mass is 246 g/mol. The number of nitrogens with two attached hydrogens (primary N) is 1. The van der Waals surface area contributed by atoms with Crippen molar-refractivity contribution >= 4 is 5.82 Å². The number of anilines is 1. The van der Waals surface area contributed by atoms with E-state index in [4.69, 9.17) is 5.73 Å². The largest absolute Gasteiger partial charge is 0.388 e. The molecule has 1 heterocycles. The van der Waals surface area contributed by atoms with E-state index in [0.717, 1.165) is 5.56 Å². The molecule has 1 atom stereocenters. The average molecular weight is 246 g/mol. The number of nitrogens with zero attached hydrogens (tertiary/aromatic N) is 1. The Labute approximate surface area is 105 Å². The summed E-state index contributed by atoms with van der Waals surface area (Å²) in [5.74, 6) is 0.107. The van der Waals surface area contributed by atoms with E-state index in [1.807, 2.05) is 0 Å². The number of hydrogen-bond donors (Lipinski definition) is 2. The van der Waals surface area contributed by atoms with Gasteiger partial charge in [0.25, 0.3) is 0 Å². The zero-order valence-electron chi connectivity index (χ0n) is 10.1. The van der Waals surface area contributed by atoms with Gasteiger partial charge >= 0.3 is 0 Å². The Bertz CT molecular complexity index is 557. The van der Waals surface area contributed by atoms with Gasteiger partial charge in [-0.15, -0.1) is 0 Å². The molecule has 2 rings (SSSR count). The van der Waals surface area contributed by atoms with E-state index in [9.17, 15) is 9.50 Å². The van der Waals surface area contributed by atoms with Crippen LogP contribution in [0.3, 0.4) is 0 Å². The van der Waals surface area contributed by atoms with Gasteiger partial charge in [-0.1, -0.05) is 12.1 Å². The van der Waals surface area contributed by atoms with Gasteiger partial charge < -0.3 is 10.8 Å². The molecule has 1 aromatic carbocycles. The summed E-state index contributed by atoms with van der Waals surface area (Å²) in [5.41, 5.74) is 7.57. The number of pyridine rings is 1. The molecule has 1 aromatic heterocycles. The van der Waals surface area contributed by atoms with Crippen LogP contribution in [0.25, 0.3) is 0 Å². The lowest BCUT2D eigenvalue weighted by molar-refractivity contribution is 0.178. The molecule has 4 heteroatoms. The van der Waals surface area contributed by atoms with Crippen LogP contribution in [0.5, 0.6) is 0 Å². The third kappa shape index (κ3) is 2.84. The highest BCUT2D eigenvalue weighted by molar-refractivity contribution is 5.33. The first-order valence-corrected chi connectivity index (χ1v) is 5.71. The van der Waals surface area contributed by atoms with Gasteiger partial charge in [0, 0.05) is 12.6 Å². The molecule has 0 saturated heterocycles. The number of aliphatic hydroxyl groups is 1. The number of rotatable bonds is 3. The second-order valence-corrected chi connectivity index (χ2v) is 4.32. The summed E-state index contributed by atoms with van der Waals surface area (Å²) in [5, 5.41) is 10.1. The molecule has 0 spiro atoms. The van der Waals surface area contributed by atoms with Gasteiger partial charge in [-0.25, -0.2) is 9.37 Å². The van der Waals surface area contributed by atoms with Crippen molar-refractivity contribution in [1.82, 2.24) is 4.98 Å². The first-order chi connectivity index (χ1) is 8.56. The molecule has 3 nitrogen and oxygen atoms in total. The number of nitrogen functional groups attached to an aromatic ring is 1. The van der Waals surface area contributed by atoms with Gasteiger partial charge in [0.05, 0.1) is 6.10 Å². The number of hydrogen-bond acceptors (Lipinski definition) is 3. The number of aryl methyl sites for hydroxylation is 1. The highest BCUT2D eigenvalue weighted by Crippen LogP contribution is 2.20. The van der Waals surface area contributed by atoms with Crippen LogP contribution in [0, 0.1) is 12.7 Å². The van der Waals surface area contributed by atoms with Gasteiger partial charge in [-0.2, -0.15) is 0 Å². The third-order valence-corrected chi connectivity index (χ3v) is 2.86. The van der Waals surface area contributed by atoms with E-state index in [-0.39, 0.29) is 5.82 Å². The summed E-state index contributed by atoms with van der Waals surface area (Å²) in [6, 6.07) is 8.24. The van der Waals surface area contributed by atoms with E-state index >= 15 is 0 Å². The van der Waals surface area contributed by atoms with Gasteiger partial charge in [0.2, 0.25) is 0 Å². The molecule has 3 N–H and O–H groups in total. The lowest BCUT2D eigenvalue weighted by Crippen LogP contribution is -2.03. The van der Waals surface area contributed by atoms with Crippen LogP contribution in [-0.2, 0) is 6.42 Å². The summed E-state index contributed by atoms with van der Waals surface area (Å²) in [6.45, 7) is 1.69. The molecule has 0 bridgehead atoms. The van der Waals surface area contributed by atoms with Crippen molar-refractivity contribution in [3.8, 4) is 0 Å². The van der Waals surface area contributed by atoms with E-state index < -0.39 is 6.10 Å². The Balaban J connectivity index is 2.16. The van der Waals surface area contributed by atoms with Crippen molar-refractivity contribution in [1.29, 1.82) is 0 Å². The minimum absolute atomic E-state index is 0.305. The zero-order chi connectivity index (χ0) is 13.1. The van der Waals surface area contributed by atoms with Crippen LogP contribution >= 0.6 is 0 Å². The van der Waals surface area contributed by atoms with Crippen molar-refractivity contribution in [3.63, 3.8) is 0 Å². The van der Waals surface area contributed by atoms with Gasteiger partial charge in [0.1, 0.15) is 11.6 Å². The quantitative estimate of drug-likeness (QED) is 0.874. The minimum Gasteiger partial charge on any atom is -0.388 e. The highest BCUT2D eigenvalue weighted by atomic mass is 19.1. The highest BCUT2D eigenvalue weighted by Gasteiger charge is 2.10. The maximum Gasteiger partial charge on any atom is 0.126 e. The summed E-state index contributed by atoms with van der Waals surface area (Å²) < 4.78 is 13.4. The van der Waals surface area contributed by atoms with Crippen molar-refractivity contribution in [2.24, 2.45) is 0 Å². The van der Waals surface area contributed by atoms with Crippen LogP contribution < -0.4 is 5.73 Å². The summed E-state index contributed by atoms with van der Waals surface area (Å²) >= 11 is 0. The molecule has 0 saturated carbocycles. The summed E-state index contributed by atoms with van der Waals surface area (Å²) in [6.07, 6.45) is 1.23. The van der Waals surface area contributed by atoms with E-state index in [2.05, 4.69) is 4.98 Å². The molecule has 18 heavy (non-hydrogen) atoms. The predicted octanol–water partition coefficient (Wildman–Crippen LogP) is 2.39. The second-order valence-electron chi connectivity index (χ2n) is 4.32. The topological polar surface area (TPSA) is 59.1 Å².